The van der Waals surface area contributed by atoms with E-state index in [9.17, 15) is 9.59 Å². The molecule has 1 aliphatic heterocycles. The predicted octanol–water partition coefficient (Wildman–Crippen LogP) is 4.71. The molecule has 156 valence electrons. The van der Waals surface area contributed by atoms with Crippen LogP contribution in [0.4, 0.5) is 5.69 Å². The zero-order valence-electron chi connectivity index (χ0n) is 18.2. The van der Waals surface area contributed by atoms with Crippen LogP contribution in [0, 0.1) is 27.7 Å². The molecule has 1 N–H and O–H groups in total. The first-order valence-corrected chi connectivity index (χ1v) is 10.3. The fourth-order valence-corrected chi connectivity index (χ4v) is 3.76. The van der Waals surface area contributed by atoms with E-state index in [1.807, 2.05) is 70.2 Å². The van der Waals surface area contributed by atoms with Crippen LogP contribution < -0.4 is 5.32 Å². The normalized spacial score (nSPS) is 13.9. The van der Waals surface area contributed by atoms with E-state index in [4.69, 9.17) is 0 Å². The molecule has 3 aromatic rings. The lowest BCUT2D eigenvalue weighted by Gasteiger charge is -2.15. The van der Waals surface area contributed by atoms with E-state index in [-0.39, 0.29) is 18.4 Å². The van der Waals surface area contributed by atoms with Gasteiger partial charge in [0.2, 0.25) is 0 Å². The number of rotatable bonds is 5. The monoisotopic (exact) mass is 411 g/mol. The maximum atomic E-state index is 13.4. The predicted molar refractivity (Wildman–Crippen MR) is 122 cm³/mol. The van der Waals surface area contributed by atoms with Crippen molar-refractivity contribution in [1.82, 2.24) is 9.88 Å². The van der Waals surface area contributed by atoms with Gasteiger partial charge in [-0.15, -0.1) is 0 Å². The van der Waals surface area contributed by atoms with Crippen molar-refractivity contribution in [2.24, 2.45) is 0 Å². The lowest BCUT2D eigenvalue weighted by molar-refractivity contribution is -0.137. The second kappa shape index (κ2) is 8.19. The zero-order chi connectivity index (χ0) is 22.1. The van der Waals surface area contributed by atoms with Gasteiger partial charge in [-0.25, -0.2) is 0 Å². The molecule has 1 aliphatic rings. The van der Waals surface area contributed by atoms with Crippen LogP contribution in [-0.4, -0.2) is 21.7 Å². The maximum absolute atomic E-state index is 13.4. The number of nitrogens with zero attached hydrogens (tertiary/aromatic N) is 2. The second-order valence-electron chi connectivity index (χ2n) is 8.05. The van der Waals surface area contributed by atoms with Crippen LogP contribution in [0.1, 0.15) is 33.4 Å². The van der Waals surface area contributed by atoms with Crippen LogP contribution in [-0.2, 0) is 16.1 Å². The minimum atomic E-state index is -0.331. The average molecular weight is 412 g/mol. The van der Waals surface area contributed by atoms with Crippen LogP contribution in [0.15, 0.2) is 66.6 Å². The minimum Gasteiger partial charge on any atom is -0.350 e. The van der Waals surface area contributed by atoms with Crippen molar-refractivity contribution in [3.05, 3.63) is 100 Å². The third kappa shape index (κ3) is 3.99. The summed E-state index contributed by atoms with van der Waals surface area (Å²) in [6.07, 6.45) is 3.34. The number of hydrogen-bond acceptors (Lipinski definition) is 4. The van der Waals surface area contributed by atoms with Crippen LogP contribution >= 0.6 is 0 Å². The number of anilines is 1. The number of benzene rings is 2. The highest BCUT2D eigenvalue weighted by Gasteiger charge is 2.39. The number of aryl methyl sites for hydroxylation is 4. The molecule has 0 fully saturated rings. The van der Waals surface area contributed by atoms with Crippen molar-refractivity contribution in [3.8, 4) is 0 Å². The third-order valence-electron chi connectivity index (χ3n) is 5.67. The molecule has 31 heavy (non-hydrogen) atoms. The van der Waals surface area contributed by atoms with Gasteiger partial charge < -0.3 is 5.32 Å². The number of nitrogens with one attached hydrogen (secondary N) is 1. The number of aromatic nitrogens is 1. The fraction of sp³-hybridized carbons (Fsp3) is 0.192. The van der Waals surface area contributed by atoms with E-state index in [0.717, 1.165) is 39.1 Å². The highest BCUT2D eigenvalue weighted by atomic mass is 16.2. The van der Waals surface area contributed by atoms with Crippen LogP contribution in [0.2, 0.25) is 0 Å². The van der Waals surface area contributed by atoms with E-state index in [1.165, 1.54) is 4.90 Å². The van der Waals surface area contributed by atoms with Crippen molar-refractivity contribution in [3.63, 3.8) is 0 Å². The van der Waals surface area contributed by atoms with Gasteiger partial charge in [-0.1, -0.05) is 42.0 Å². The summed E-state index contributed by atoms with van der Waals surface area (Å²) in [6, 6.07) is 15.5. The number of carbonyl (C=O) groups excluding carboxylic acids is 2. The van der Waals surface area contributed by atoms with E-state index >= 15 is 0 Å². The summed E-state index contributed by atoms with van der Waals surface area (Å²) >= 11 is 0. The SMILES string of the molecule is Cc1ccc(NC2=C(c3ccc(C)c(C)c3)C(=O)N(Cc3cccnc3)C2=O)c(C)c1. The number of imide groups is 1. The molecule has 5 nitrogen and oxygen atoms in total. The molecular formula is C26H25N3O2. The lowest BCUT2D eigenvalue weighted by atomic mass is 9.99. The molecular weight excluding hydrogens is 386 g/mol. The first-order valence-electron chi connectivity index (χ1n) is 10.3. The summed E-state index contributed by atoms with van der Waals surface area (Å²) in [7, 11) is 0. The molecule has 4 rings (SSSR count). The highest BCUT2D eigenvalue weighted by Crippen LogP contribution is 2.33. The molecule has 0 aliphatic carbocycles. The lowest BCUT2D eigenvalue weighted by Crippen LogP contribution is -2.32. The smallest absolute Gasteiger partial charge is 0.278 e. The van der Waals surface area contributed by atoms with Gasteiger partial charge in [0.25, 0.3) is 11.8 Å². The Morgan fingerprint density at radius 1 is 0.871 bits per heavy atom. The van der Waals surface area contributed by atoms with Crippen molar-refractivity contribution < 1.29 is 9.59 Å². The molecule has 5 heteroatoms. The van der Waals surface area contributed by atoms with E-state index in [0.29, 0.717) is 11.3 Å². The van der Waals surface area contributed by atoms with E-state index < -0.39 is 0 Å². The van der Waals surface area contributed by atoms with Gasteiger partial charge >= 0.3 is 0 Å². The Kier molecular flexibility index (Phi) is 5.42. The quantitative estimate of drug-likeness (QED) is 0.618. The molecule has 0 atom stereocenters. The Morgan fingerprint density at radius 3 is 2.35 bits per heavy atom. The molecule has 2 aromatic carbocycles. The summed E-state index contributed by atoms with van der Waals surface area (Å²) in [5.41, 5.74) is 7.42. The molecule has 2 amide bonds. The first-order chi connectivity index (χ1) is 14.8. The third-order valence-corrected chi connectivity index (χ3v) is 5.67. The molecule has 0 saturated heterocycles. The average Bonchev–Trinajstić information content (AvgIpc) is 2.97. The highest BCUT2D eigenvalue weighted by molar-refractivity contribution is 6.36. The van der Waals surface area contributed by atoms with E-state index in [1.54, 1.807) is 18.5 Å². The standard InChI is InChI=1S/C26H25N3O2/c1-16-7-10-22(19(4)12-16)28-24-23(21-9-8-17(2)18(3)13-21)25(30)29(26(24)31)15-20-6-5-11-27-14-20/h5-14,28H,15H2,1-4H3. The zero-order valence-corrected chi connectivity index (χ0v) is 18.2. The van der Waals surface area contributed by atoms with Gasteiger partial charge in [0.05, 0.1) is 12.1 Å². The minimum absolute atomic E-state index is 0.178. The molecule has 0 saturated carbocycles. The summed E-state index contributed by atoms with van der Waals surface area (Å²) in [5.74, 6) is -0.633. The van der Waals surface area contributed by atoms with Gasteiger partial charge in [-0.3, -0.25) is 19.5 Å². The van der Waals surface area contributed by atoms with Gasteiger partial charge in [0, 0.05) is 18.1 Å². The molecule has 0 bridgehead atoms. The Labute approximate surface area is 182 Å². The van der Waals surface area contributed by atoms with Gasteiger partial charge in [-0.2, -0.15) is 0 Å². The summed E-state index contributed by atoms with van der Waals surface area (Å²) in [4.78, 5) is 32.2. The topological polar surface area (TPSA) is 62.3 Å². The van der Waals surface area contributed by atoms with Crippen molar-refractivity contribution in [2.45, 2.75) is 34.2 Å². The van der Waals surface area contributed by atoms with Gasteiger partial charge in [0.15, 0.2) is 0 Å². The van der Waals surface area contributed by atoms with Crippen molar-refractivity contribution in [2.75, 3.05) is 5.32 Å². The molecule has 2 heterocycles. The summed E-state index contributed by atoms with van der Waals surface area (Å²) in [6.45, 7) is 8.22. The molecule has 0 radical (unpaired) electrons. The summed E-state index contributed by atoms with van der Waals surface area (Å²) < 4.78 is 0. The summed E-state index contributed by atoms with van der Waals surface area (Å²) in [5, 5.41) is 3.27. The van der Waals surface area contributed by atoms with Crippen LogP contribution in [0.5, 0.6) is 0 Å². The Hall–Kier alpha value is -3.73. The maximum Gasteiger partial charge on any atom is 0.278 e. The Balaban J connectivity index is 1.79. The number of amides is 2. The first kappa shape index (κ1) is 20.5. The number of hydrogen-bond donors (Lipinski definition) is 1. The number of pyridine rings is 1. The van der Waals surface area contributed by atoms with E-state index in [2.05, 4.69) is 10.3 Å². The largest absolute Gasteiger partial charge is 0.350 e. The van der Waals surface area contributed by atoms with Crippen molar-refractivity contribution in [1.29, 1.82) is 0 Å². The van der Waals surface area contributed by atoms with Crippen molar-refractivity contribution >= 4 is 23.1 Å². The van der Waals surface area contributed by atoms with Crippen LogP contribution in [0.25, 0.3) is 5.57 Å². The Morgan fingerprint density at radius 2 is 1.68 bits per heavy atom. The van der Waals surface area contributed by atoms with Crippen LogP contribution in [0.3, 0.4) is 0 Å². The second-order valence-corrected chi connectivity index (χ2v) is 8.05. The molecule has 1 aromatic heterocycles. The van der Waals surface area contributed by atoms with Gasteiger partial charge in [0.1, 0.15) is 5.70 Å². The number of carbonyl (C=O) groups is 2. The molecule has 0 spiro atoms. The molecule has 0 unspecified atom stereocenters. The Bertz CT molecular complexity index is 1210. The fourth-order valence-electron chi connectivity index (χ4n) is 3.76. The van der Waals surface area contributed by atoms with Gasteiger partial charge in [-0.05, 0) is 67.6 Å².